The molecular weight excluding hydrogens is 348 g/mol. The lowest BCUT2D eigenvalue weighted by Crippen LogP contribution is -2.26. The quantitative estimate of drug-likeness (QED) is 0.640. The fourth-order valence-electron chi connectivity index (χ4n) is 3.71. The molecule has 0 amide bonds. The Morgan fingerprint density at radius 2 is 1.73 bits per heavy atom. The van der Waals surface area contributed by atoms with Crippen LogP contribution in [0.3, 0.4) is 0 Å². The van der Waals surface area contributed by atoms with Crippen molar-refractivity contribution >= 4 is 15.8 Å². The predicted octanol–water partition coefficient (Wildman–Crippen LogP) is 3.96. The summed E-state index contributed by atoms with van der Waals surface area (Å²) in [5.74, 6) is 1.16. The summed E-state index contributed by atoms with van der Waals surface area (Å²) in [7, 11) is -1.51. The van der Waals surface area contributed by atoms with E-state index < -0.39 is 9.84 Å². The highest BCUT2D eigenvalue weighted by molar-refractivity contribution is 7.91. The summed E-state index contributed by atoms with van der Waals surface area (Å²) in [6.45, 7) is 3.55. The lowest BCUT2D eigenvalue weighted by atomic mass is 9.80. The number of ether oxygens (including phenoxy) is 1. The number of hydrogen-bond acceptors (Lipinski definition) is 4. The molecule has 4 nitrogen and oxygen atoms in total. The van der Waals surface area contributed by atoms with Crippen molar-refractivity contribution in [3.05, 3.63) is 35.4 Å². The lowest BCUT2D eigenvalue weighted by Gasteiger charge is -2.28. The molecule has 146 valence electrons. The van der Waals surface area contributed by atoms with Gasteiger partial charge in [0, 0.05) is 0 Å². The van der Waals surface area contributed by atoms with E-state index in [4.69, 9.17) is 4.74 Å². The van der Waals surface area contributed by atoms with Crippen LogP contribution < -0.4 is 0 Å². The smallest absolute Gasteiger partial charge is 0.309 e. The van der Waals surface area contributed by atoms with Crippen molar-refractivity contribution in [2.45, 2.75) is 64.0 Å². The first kappa shape index (κ1) is 20.9. The molecule has 1 aliphatic rings. The van der Waals surface area contributed by atoms with Gasteiger partial charge in [-0.15, -0.1) is 0 Å². The molecular formula is C21H32O4S. The van der Waals surface area contributed by atoms with Gasteiger partial charge in [-0.2, -0.15) is 0 Å². The van der Waals surface area contributed by atoms with E-state index in [-0.39, 0.29) is 11.2 Å². The second-order valence-electron chi connectivity index (χ2n) is 7.88. The molecule has 0 aromatic heterocycles. The minimum absolute atomic E-state index is 0.211. The molecule has 0 heterocycles. The van der Waals surface area contributed by atoms with Crippen molar-refractivity contribution in [1.29, 1.82) is 0 Å². The van der Waals surface area contributed by atoms with Gasteiger partial charge >= 0.3 is 5.97 Å². The van der Waals surface area contributed by atoms with Crippen molar-refractivity contribution in [3.63, 3.8) is 0 Å². The molecule has 0 aliphatic heterocycles. The summed E-state index contributed by atoms with van der Waals surface area (Å²) in [5, 5.41) is -0.266. The molecule has 0 bridgehead atoms. The first-order chi connectivity index (χ1) is 12.3. The Kier molecular flexibility index (Phi) is 7.69. The molecule has 1 aliphatic carbocycles. The average Bonchev–Trinajstić information content (AvgIpc) is 2.61. The van der Waals surface area contributed by atoms with Gasteiger partial charge in [-0.25, -0.2) is 8.42 Å². The molecule has 26 heavy (non-hydrogen) atoms. The van der Waals surface area contributed by atoms with E-state index in [1.807, 2.05) is 12.1 Å². The third kappa shape index (κ3) is 6.42. The molecule has 0 unspecified atom stereocenters. The Balaban J connectivity index is 1.78. The number of rotatable bonds is 8. The van der Waals surface area contributed by atoms with E-state index in [9.17, 15) is 13.2 Å². The fourth-order valence-corrected chi connectivity index (χ4v) is 5.09. The summed E-state index contributed by atoms with van der Waals surface area (Å²) in [5.41, 5.74) is 2.26. The normalized spacial score (nSPS) is 20.9. The van der Waals surface area contributed by atoms with Crippen LogP contribution in [0.5, 0.6) is 0 Å². The molecule has 0 N–H and O–H groups in total. The molecule has 1 aromatic rings. The van der Waals surface area contributed by atoms with Crippen LogP contribution >= 0.6 is 0 Å². The van der Waals surface area contributed by atoms with Gasteiger partial charge < -0.3 is 4.74 Å². The van der Waals surface area contributed by atoms with Gasteiger partial charge in [0.1, 0.15) is 0 Å². The maximum absolute atomic E-state index is 12.1. The van der Waals surface area contributed by atoms with Crippen LogP contribution in [0.1, 0.15) is 57.1 Å². The van der Waals surface area contributed by atoms with Crippen LogP contribution in [0.4, 0.5) is 0 Å². The molecule has 2 rings (SSSR count). The molecule has 0 radical (unpaired) electrons. The molecule has 1 saturated carbocycles. The number of methoxy groups -OCH3 is 1. The maximum Gasteiger partial charge on any atom is 0.309 e. The minimum Gasteiger partial charge on any atom is -0.469 e. The zero-order valence-corrected chi connectivity index (χ0v) is 17.1. The zero-order valence-electron chi connectivity index (χ0n) is 16.2. The van der Waals surface area contributed by atoms with Crippen LogP contribution in [0, 0.1) is 11.8 Å². The summed E-state index contributed by atoms with van der Waals surface area (Å²) >= 11 is 0. The van der Waals surface area contributed by atoms with Crippen molar-refractivity contribution in [3.8, 4) is 0 Å². The summed E-state index contributed by atoms with van der Waals surface area (Å²) in [6, 6.07) is 8.17. The Morgan fingerprint density at radius 1 is 1.12 bits per heavy atom. The maximum atomic E-state index is 12.1. The molecule has 1 aromatic carbocycles. The Hall–Kier alpha value is -1.36. The second-order valence-corrected chi connectivity index (χ2v) is 10.5. The molecule has 0 spiro atoms. The van der Waals surface area contributed by atoms with E-state index in [0.29, 0.717) is 24.0 Å². The van der Waals surface area contributed by atoms with Crippen molar-refractivity contribution in [2.24, 2.45) is 11.8 Å². The van der Waals surface area contributed by atoms with Crippen molar-refractivity contribution in [1.82, 2.24) is 0 Å². The highest BCUT2D eigenvalue weighted by Gasteiger charge is 2.27. The number of benzene rings is 1. The minimum atomic E-state index is -2.93. The number of aryl methyl sites for hydroxylation is 1. The summed E-state index contributed by atoms with van der Waals surface area (Å²) in [4.78, 5) is 11.4. The fraction of sp³-hybridized carbons (Fsp3) is 0.667. The van der Waals surface area contributed by atoms with Gasteiger partial charge in [0.05, 0.1) is 24.5 Å². The zero-order chi connectivity index (χ0) is 19.2. The van der Waals surface area contributed by atoms with E-state index in [0.717, 1.165) is 44.1 Å². The van der Waals surface area contributed by atoms with E-state index in [1.54, 1.807) is 13.8 Å². The van der Waals surface area contributed by atoms with E-state index in [2.05, 4.69) is 12.1 Å². The Morgan fingerprint density at radius 3 is 2.35 bits per heavy atom. The Labute approximate surface area is 158 Å². The standard InChI is InChI=1S/C21H32O4S/c1-16(2)26(23,24)15-19-11-8-17(9-12-19)7-10-18-5-4-6-20(13-18)14-21(22)25-3/h4-6,13,16-17,19H,7-12,14-15H2,1-3H3. The number of carbonyl (C=O) groups is 1. The van der Waals surface area contributed by atoms with Crippen molar-refractivity contribution < 1.29 is 17.9 Å². The van der Waals surface area contributed by atoms with Crippen LogP contribution in [0.25, 0.3) is 0 Å². The van der Waals surface area contributed by atoms with Crippen molar-refractivity contribution in [2.75, 3.05) is 12.9 Å². The molecule has 0 saturated heterocycles. The van der Waals surface area contributed by atoms with Gasteiger partial charge in [-0.1, -0.05) is 37.1 Å². The number of carbonyl (C=O) groups excluding carboxylic acids is 1. The molecule has 5 heteroatoms. The highest BCUT2D eigenvalue weighted by atomic mass is 32.2. The van der Waals surface area contributed by atoms with Gasteiger partial charge in [0.15, 0.2) is 9.84 Å². The van der Waals surface area contributed by atoms with Crippen LogP contribution in [0.2, 0.25) is 0 Å². The largest absolute Gasteiger partial charge is 0.469 e. The first-order valence-corrected chi connectivity index (χ1v) is 11.4. The third-order valence-corrected chi connectivity index (χ3v) is 7.93. The van der Waals surface area contributed by atoms with Gasteiger partial charge in [-0.05, 0) is 62.5 Å². The highest BCUT2D eigenvalue weighted by Crippen LogP contribution is 2.33. The summed E-state index contributed by atoms with van der Waals surface area (Å²) < 4.78 is 28.9. The Bertz CT molecular complexity index is 686. The second kappa shape index (κ2) is 9.54. The average molecular weight is 381 g/mol. The number of hydrogen-bond donors (Lipinski definition) is 0. The monoisotopic (exact) mass is 380 g/mol. The van der Waals surface area contributed by atoms with Crippen LogP contribution in [-0.2, 0) is 32.2 Å². The van der Waals surface area contributed by atoms with Gasteiger partial charge in [0.25, 0.3) is 0 Å². The van der Waals surface area contributed by atoms with Gasteiger partial charge in [0.2, 0.25) is 0 Å². The summed E-state index contributed by atoms with van der Waals surface area (Å²) in [6.07, 6.45) is 6.76. The van der Waals surface area contributed by atoms with Gasteiger partial charge in [-0.3, -0.25) is 4.79 Å². The third-order valence-electron chi connectivity index (χ3n) is 5.56. The van der Waals surface area contributed by atoms with Crippen LogP contribution in [0.15, 0.2) is 24.3 Å². The SMILES string of the molecule is COC(=O)Cc1cccc(CCC2CCC(CS(=O)(=O)C(C)C)CC2)c1. The number of sulfone groups is 1. The van der Waals surface area contributed by atoms with E-state index >= 15 is 0 Å². The molecule has 0 atom stereocenters. The topological polar surface area (TPSA) is 60.4 Å². The predicted molar refractivity (Wildman–Crippen MR) is 105 cm³/mol. The van der Waals surface area contributed by atoms with E-state index in [1.165, 1.54) is 12.7 Å². The lowest BCUT2D eigenvalue weighted by molar-refractivity contribution is -0.139. The number of esters is 1. The van der Waals surface area contributed by atoms with Crippen LogP contribution in [-0.4, -0.2) is 32.5 Å². The first-order valence-electron chi connectivity index (χ1n) is 9.66. The molecule has 1 fully saturated rings.